The monoisotopic (exact) mass is 211 g/mol. The maximum Gasteiger partial charge on any atom is 0.0918 e. The first-order valence-electron chi connectivity index (χ1n) is 5.63. The van der Waals surface area contributed by atoms with E-state index in [1.165, 1.54) is 0 Å². The van der Waals surface area contributed by atoms with Crippen LogP contribution < -0.4 is 5.73 Å². The molecular formula is C13H25NO. The second-order valence-corrected chi connectivity index (χ2v) is 4.16. The van der Waals surface area contributed by atoms with Crippen LogP contribution in [-0.4, -0.2) is 7.11 Å². The summed E-state index contributed by atoms with van der Waals surface area (Å²) in [6, 6.07) is 0. The Hall–Kier alpha value is -0.920. The van der Waals surface area contributed by atoms with E-state index in [0.717, 1.165) is 17.9 Å². The molecule has 0 radical (unpaired) electrons. The molecule has 0 spiro atoms. The highest BCUT2D eigenvalue weighted by atomic mass is 16.5. The van der Waals surface area contributed by atoms with E-state index in [-0.39, 0.29) is 5.92 Å². The number of nitrogens with two attached hydrogens (primary N) is 1. The van der Waals surface area contributed by atoms with Crippen LogP contribution in [0.2, 0.25) is 0 Å². The van der Waals surface area contributed by atoms with E-state index in [4.69, 9.17) is 10.5 Å². The minimum Gasteiger partial charge on any atom is -0.501 e. The van der Waals surface area contributed by atoms with Crippen LogP contribution in [-0.2, 0) is 4.74 Å². The van der Waals surface area contributed by atoms with Gasteiger partial charge in [-0.2, -0.15) is 0 Å². The summed E-state index contributed by atoms with van der Waals surface area (Å²) in [5.74, 6) is 1.95. The minimum absolute atomic E-state index is 0.265. The summed E-state index contributed by atoms with van der Waals surface area (Å²) in [5, 5.41) is 0. The number of hydrogen-bond donors (Lipinski definition) is 1. The fraction of sp³-hybridized carbons (Fsp3) is 0.692. The van der Waals surface area contributed by atoms with Crippen molar-refractivity contribution in [3.05, 3.63) is 24.1 Å². The molecule has 0 saturated carbocycles. The van der Waals surface area contributed by atoms with Crippen LogP contribution in [0, 0.1) is 17.8 Å². The average molecular weight is 211 g/mol. The minimum atomic E-state index is 0.265. The number of methoxy groups -OCH3 is 1. The van der Waals surface area contributed by atoms with E-state index >= 15 is 0 Å². The van der Waals surface area contributed by atoms with Crippen molar-refractivity contribution in [3.63, 3.8) is 0 Å². The Balaban J connectivity index is 4.85. The molecule has 2 nitrogen and oxygen atoms in total. The van der Waals surface area contributed by atoms with Crippen LogP contribution >= 0.6 is 0 Å². The molecular weight excluding hydrogens is 186 g/mol. The van der Waals surface area contributed by atoms with Gasteiger partial charge in [-0.3, -0.25) is 0 Å². The van der Waals surface area contributed by atoms with Gasteiger partial charge < -0.3 is 10.5 Å². The Kier molecular flexibility index (Phi) is 6.14. The lowest BCUT2D eigenvalue weighted by molar-refractivity contribution is 0.198. The third-order valence-corrected chi connectivity index (χ3v) is 3.28. The molecule has 3 atom stereocenters. The number of allylic oxidation sites excluding steroid dienone is 3. The predicted molar refractivity (Wildman–Crippen MR) is 66.2 cm³/mol. The third kappa shape index (κ3) is 3.61. The van der Waals surface area contributed by atoms with Crippen molar-refractivity contribution in [1.82, 2.24) is 0 Å². The molecule has 15 heavy (non-hydrogen) atoms. The number of rotatable bonds is 6. The molecule has 2 N–H and O–H groups in total. The molecule has 2 heteroatoms. The van der Waals surface area contributed by atoms with Crippen molar-refractivity contribution in [2.75, 3.05) is 7.11 Å². The molecule has 0 bridgehead atoms. The van der Waals surface area contributed by atoms with Crippen LogP contribution in [0.1, 0.15) is 34.1 Å². The van der Waals surface area contributed by atoms with Crippen molar-refractivity contribution in [1.29, 1.82) is 0 Å². The number of hydrogen-bond acceptors (Lipinski definition) is 2. The van der Waals surface area contributed by atoms with Crippen LogP contribution in [0.15, 0.2) is 24.1 Å². The summed E-state index contributed by atoms with van der Waals surface area (Å²) in [7, 11) is 1.67. The van der Waals surface area contributed by atoms with Crippen molar-refractivity contribution < 1.29 is 4.74 Å². The fourth-order valence-electron chi connectivity index (χ4n) is 1.94. The molecule has 0 saturated heterocycles. The van der Waals surface area contributed by atoms with Gasteiger partial charge in [-0.05, 0) is 12.8 Å². The standard InChI is InChI=1S/C13H25NO/c1-7-9(3)13(12(14)8-2)10(4)11(5)15-6/h8-10,13H,5,7,14H2,1-4,6H3/b12-8+. The first-order valence-corrected chi connectivity index (χ1v) is 5.63. The summed E-state index contributed by atoms with van der Waals surface area (Å²) >= 11 is 0. The van der Waals surface area contributed by atoms with Crippen LogP contribution in [0.25, 0.3) is 0 Å². The van der Waals surface area contributed by atoms with Crippen LogP contribution in [0.5, 0.6) is 0 Å². The summed E-state index contributed by atoms with van der Waals surface area (Å²) in [5.41, 5.74) is 6.99. The summed E-state index contributed by atoms with van der Waals surface area (Å²) in [4.78, 5) is 0. The Morgan fingerprint density at radius 2 is 2.00 bits per heavy atom. The highest BCUT2D eigenvalue weighted by Crippen LogP contribution is 2.32. The Morgan fingerprint density at radius 1 is 1.47 bits per heavy atom. The molecule has 3 unspecified atom stereocenters. The fourth-order valence-corrected chi connectivity index (χ4v) is 1.94. The molecule has 0 aromatic carbocycles. The van der Waals surface area contributed by atoms with E-state index < -0.39 is 0 Å². The third-order valence-electron chi connectivity index (χ3n) is 3.28. The van der Waals surface area contributed by atoms with E-state index in [0.29, 0.717) is 11.8 Å². The molecule has 0 heterocycles. The SMILES string of the molecule is C=C(OC)C(C)C(/C(N)=C\C)C(C)CC. The van der Waals surface area contributed by atoms with Gasteiger partial charge in [0.05, 0.1) is 12.9 Å². The second kappa shape index (κ2) is 6.54. The van der Waals surface area contributed by atoms with Crippen LogP contribution in [0.4, 0.5) is 0 Å². The molecule has 0 aromatic heterocycles. The zero-order valence-electron chi connectivity index (χ0n) is 10.7. The van der Waals surface area contributed by atoms with Crippen molar-refractivity contribution in [3.8, 4) is 0 Å². The van der Waals surface area contributed by atoms with Gasteiger partial charge in [0.15, 0.2) is 0 Å². The summed E-state index contributed by atoms with van der Waals surface area (Å²) in [6.45, 7) is 12.4. The maximum absolute atomic E-state index is 6.05. The normalized spacial score (nSPS) is 18.1. The first-order chi connectivity index (χ1) is 6.99. The topological polar surface area (TPSA) is 35.2 Å². The van der Waals surface area contributed by atoms with Gasteiger partial charge in [-0.15, -0.1) is 0 Å². The predicted octanol–water partition coefficient (Wildman–Crippen LogP) is 3.31. The number of ether oxygens (including phenoxy) is 1. The first kappa shape index (κ1) is 14.1. The Bertz CT molecular complexity index is 233. The molecule has 0 aliphatic heterocycles. The molecule has 0 rings (SSSR count). The van der Waals surface area contributed by atoms with E-state index in [9.17, 15) is 0 Å². The van der Waals surface area contributed by atoms with Crippen molar-refractivity contribution >= 4 is 0 Å². The van der Waals surface area contributed by atoms with Gasteiger partial charge in [-0.1, -0.05) is 39.8 Å². The van der Waals surface area contributed by atoms with Gasteiger partial charge in [0.1, 0.15) is 0 Å². The highest BCUT2D eigenvalue weighted by molar-refractivity contribution is 5.09. The van der Waals surface area contributed by atoms with Gasteiger partial charge in [0.2, 0.25) is 0 Å². The second-order valence-electron chi connectivity index (χ2n) is 4.16. The lowest BCUT2D eigenvalue weighted by Gasteiger charge is -2.30. The van der Waals surface area contributed by atoms with Crippen molar-refractivity contribution in [2.24, 2.45) is 23.5 Å². The lowest BCUT2D eigenvalue weighted by atomic mass is 9.79. The average Bonchev–Trinajstić information content (AvgIpc) is 2.27. The van der Waals surface area contributed by atoms with Gasteiger partial charge >= 0.3 is 0 Å². The molecule has 88 valence electrons. The Labute approximate surface area is 94.2 Å². The zero-order chi connectivity index (χ0) is 12.0. The summed E-state index contributed by atoms with van der Waals surface area (Å²) in [6.07, 6.45) is 3.09. The quantitative estimate of drug-likeness (QED) is 0.684. The summed E-state index contributed by atoms with van der Waals surface area (Å²) < 4.78 is 5.21. The molecule has 0 fully saturated rings. The highest BCUT2D eigenvalue weighted by Gasteiger charge is 2.26. The molecule has 0 aliphatic carbocycles. The smallest absolute Gasteiger partial charge is 0.0918 e. The largest absolute Gasteiger partial charge is 0.501 e. The molecule has 0 amide bonds. The van der Waals surface area contributed by atoms with Gasteiger partial charge in [0.25, 0.3) is 0 Å². The van der Waals surface area contributed by atoms with Crippen LogP contribution in [0.3, 0.4) is 0 Å². The van der Waals surface area contributed by atoms with Crippen molar-refractivity contribution in [2.45, 2.75) is 34.1 Å². The van der Waals surface area contributed by atoms with E-state index in [1.807, 2.05) is 13.0 Å². The molecule has 0 aliphatic rings. The van der Waals surface area contributed by atoms with E-state index in [1.54, 1.807) is 7.11 Å². The van der Waals surface area contributed by atoms with Gasteiger partial charge in [0, 0.05) is 17.5 Å². The van der Waals surface area contributed by atoms with Gasteiger partial charge in [-0.25, -0.2) is 0 Å². The lowest BCUT2D eigenvalue weighted by Crippen LogP contribution is -2.27. The zero-order valence-corrected chi connectivity index (χ0v) is 10.7. The Morgan fingerprint density at radius 3 is 2.33 bits per heavy atom. The molecule has 0 aromatic rings. The maximum atomic E-state index is 6.05. The van der Waals surface area contributed by atoms with E-state index in [2.05, 4.69) is 27.4 Å².